The Kier molecular flexibility index (Phi) is 10.5. The van der Waals surface area contributed by atoms with E-state index in [1.165, 1.54) is 91.8 Å². The summed E-state index contributed by atoms with van der Waals surface area (Å²) in [5, 5.41) is 0. The summed E-state index contributed by atoms with van der Waals surface area (Å²) in [6.45, 7) is 14.1. The molecule has 0 bridgehead atoms. The predicted molar refractivity (Wildman–Crippen MR) is 286 cm³/mol. The molecule has 8 aromatic rings. The molecule has 0 N–H and O–H groups in total. The Morgan fingerprint density at radius 1 is 0.515 bits per heavy atom. The van der Waals surface area contributed by atoms with Crippen molar-refractivity contribution in [1.82, 2.24) is 0 Å². The highest BCUT2D eigenvalue weighted by atomic mass is 32.1. The first-order valence-electron chi connectivity index (χ1n) is 23.2. The average molecular weight is 888 g/mol. The third-order valence-electron chi connectivity index (χ3n) is 14.0. The molecular weight excluding hydrogens is 835 g/mol. The largest absolute Gasteiger partial charge is 0.310 e. The quantitative estimate of drug-likeness (QED) is 0.131. The normalized spacial score (nSPS) is 17.0. The highest BCUT2D eigenvalue weighted by Crippen LogP contribution is 2.65. The zero-order valence-corrected chi connectivity index (χ0v) is 40.1. The Bertz CT molecular complexity index is 3290. The first kappa shape index (κ1) is 41.9. The molecule has 322 valence electrons. The highest BCUT2D eigenvalue weighted by Gasteiger charge is 2.45. The van der Waals surface area contributed by atoms with E-state index in [4.69, 9.17) is 0 Å². The van der Waals surface area contributed by atoms with Crippen LogP contribution in [0.5, 0.6) is 0 Å². The molecule has 66 heavy (non-hydrogen) atoms. The minimum absolute atomic E-state index is 0.129. The van der Waals surface area contributed by atoms with Crippen LogP contribution in [0.2, 0.25) is 0 Å². The van der Waals surface area contributed by atoms with E-state index in [1.807, 2.05) is 22.7 Å². The summed E-state index contributed by atoms with van der Waals surface area (Å²) in [7, 11) is 0. The van der Waals surface area contributed by atoms with Gasteiger partial charge in [0.1, 0.15) is 0 Å². The van der Waals surface area contributed by atoms with Gasteiger partial charge in [-0.3, -0.25) is 0 Å². The minimum atomic E-state index is -0.260. The first-order valence-corrected chi connectivity index (χ1v) is 24.8. The monoisotopic (exact) mass is 887 g/mol. The lowest BCUT2D eigenvalue weighted by Crippen LogP contribution is -2.20. The van der Waals surface area contributed by atoms with Crippen LogP contribution < -0.4 is 4.90 Å². The van der Waals surface area contributed by atoms with E-state index in [-0.39, 0.29) is 16.7 Å². The highest BCUT2D eigenvalue weighted by molar-refractivity contribution is 7.26. The van der Waals surface area contributed by atoms with Gasteiger partial charge in [0.2, 0.25) is 0 Å². The maximum Gasteiger partial charge on any atom is 0.0500 e. The molecule has 0 amide bonds. The van der Waals surface area contributed by atoms with Crippen LogP contribution in [0, 0.1) is 5.92 Å². The molecule has 1 unspecified atom stereocenters. The number of fused-ring (bicyclic) bond motifs is 6. The second-order valence-electron chi connectivity index (χ2n) is 18.8. The topological polar surface area (TPSA) is 3.24 Å². The summed E-state index contributed by atoms with van der Waals surface area (Å²) in [6.07, 6.45) is 17.7. The molecule has 1 nitrogen and oxygen atoms in total. The summed E-state index contributed by atoms with van der Waals surface area (Å²) < 4.78 is 0. The van der Waals surface area contributed by atoms with Crippen LogP contribution in [-0.4, -0.2) is 0 Å². The molecule has 0 fully saturated rings. The first-order chi connectivity index (χ1) is 32.2. The third-order valence-corrected chi connectivity index (χ3v) is 16.7. The Morgan fingerprint density at radius 3 is 1.64 bits per heavy atom. The van der Waals surface area contributed by atoms with Gasteiger partial charge in [-0.2, -0.15) is 0 Å². The Hall–Kier alpha value is -6.78. The number of benzene rings is 6. The van der Waals surface area contributed by atoms with Crippen molar-refractivity contribution < 1.29 is 0 Å². The van der Waals surface area contributed by atoms with Gasteiger partial charge in [0.05, 0.1) is 0 Å². The van der Waals surface area contributed by atoms with Crippen LogP contribution in [0.3, 0.4) is 0 Å². The molecule has 3 heteroatoms. The summed E-state index contributed by atoms with van der Waals surface area (Å²) in [5.41, 5.74) is 20.4. The van der Waals surface area contributed by atoms with Crippen molar-refractivity contribution >= 4 is 34.0 Å². The Balaban J connectivity index is 1.11. The molecule has 0 aliphatic heterocycles. The van der Waals surface area contributed by atoms with Gasteiger partial charge in [0.25, 0.3) is 0 Å². The lowest BCUT2D eigenvalue weighted by Gasteiger charge is -2.31. The van der Waals surface area contributed by atoms with Crippen molar-refractivity contribution in [2.75, 3.05) is 4.90 Å². The maximum absolute atomic E-state index is 2.49. The molecule has 2 heterocycles. The minimum Gasteiger partial charge on any atom is -0.310 e. The second kappa shape index (κ2) is 16.6. The number of hydrogen-bond acceptors (Lipinski definition) is 3. The third kappa shape index (κ3) is 6.79. The molecule has 2 aromatic heterocycles. The van der Waals surface area contributed by atoms with Crippen LogP contribution in [0.25, 0.3) is 64.0 Å². The van der Waals surface area contributed by atoms with Gasteiger partial charge in [-0.15, -0.1) is 22.7 Å². The number of anilines is 2. The fourth-order valence-electron chi connectivity index (χ4n) is 10.8. The van der Waals surface area contributed by atoms with Crippen molar-refractivity contribution in [2.24, 2.45) is 5.92 Å². The van der Waals surface area contributed by atoms with Gasteiger partial charge in [-0.25, -0.2) is 0 Å². The Labute approximate surface area is 398 Å². The van der Waals surface area contributed by atoms with Crippen molar-refractivity contribution in [3.63, 3.8) is 0 Å². The van der Waals surface area contributed by atoms with Crippen LogP contribution in [0.15, 0.2) is 218 Å². The fourth-order valence-corrected chi connectivity index (χ4v) is 13.9. The molecule has 6 aromatic carbocycles. The number of rotatable bonds is 9. The zero-order valence-electron chi connectivity index (χ0n) is 38.5. The van der Waals surface area contributed by atoms with Gasteiger partial charge in [0, 0.05) is 64.5 Å². The molecule has 0 radical (unpaired) electrons. The number of nitrogens with zero attached hydrogens (tertiary/aromatic N) is 1. The molecule has 3 aliphatic carbocycles. The number of hydrogen-bond donors (Lipinski definition) is 0. The van der Waals surface area contributed by atoms with Crippen LogP contribution >= 0.6 is 22.7 Å². The SMILES string of the molecule is C\C=C/C=C\C(=C1/C=CC=CC1C)N(c1ccc(-c2c(-c3ccccc3)sc3c2C(C)(C)c2c-3sc(-c3ccccc3)c2-c2ccccc2)cc1)c1ccc2c(c1)C(C)(C)c1ccccc1-2. The van der Waals surface area contributed by atoms with Crippen molar-refractivity contribution in [3.8, 4) is 64.0 Å². The van der Waals surface area contributed by atoms with Crippen LogP contribution in [0.4, 0.5) is 11.4 Å². The smallest absolute Gasteiger partial charge is 0.0500 e. The van der Waals surface area contributed by atoms with E-state index in [2.05, 4.69) is 253 Å². The lowest BCUT2D eigenvalue weighted by molar-refractivity contribution is 0.660. The molecular formula is C63H53NS2. The zero-order chi connectivity index (χ0) is 45.2. The van der Waals surface area contributed by atoms with Gasteiger partial charge >= 0.3 is 0 Å². The Morgan fingerprint density at radius 2 is 1.05 bits per heavy atom. The summed E-state index contributed by atoms with van der Waals surface area (Å²) in [6, 6.07) is 58.6. The van der Waals surface area contributed by atoms with Crippen LogP contribution in [0.1, 0.15) is 63.8 Å². The van der Waals surface area contributed by atoms with Crippen molar-refractivity contribution in [1.29, 1.82) is 0 Å². The average Bonchev–Trinajstić information content (AvgIpc) is 4.07. The van der Waals surface area contributed by atoms with Crippen LogP contribution in [-0.2, 0) is 10.8 Å². The molecule has 0 spiro atoms. The molecule has 0 saturated heterocycles. The molecule has 3 aliphatic rings. The van der Waals surface area contributed by atoms with Gasteiger partial charge in [-0.05, 0) is 98.5 Å². The number of thiophene rings is 2. The second-order valence-corrected chi connectivity index (χ2v) is 20.8. The fraction of sp³-hybridized carbons (Fsp3) is 0.143. The standard InChI is InChI=1S/C63H53NS2/c1-7-8-12-33-53(48-30-20-19-23-41(48)2)64(47-38-39-50-49-31-21-22-32-51(49)62(3,4)52(50)40-47)46-36-34-43(35-37-46)55-57-61(66-59(55)45-28-17-11-18-29-45)60-56(63(57,5)6)54(42-24-13-9-14-25-42)58(65-60)44-26-15-10-16-27-44/h7-41H,1-6H3/b8-7-,33-12-,53-48-. The van der Waals surface area contributed by atoms with Crippen molar-refractivity contribution in [2.45, 2.75) is 52.4 Å². The summed E-state index contributed by atoms with van der Waals surface area (Å²) in [5.74, 6) is 0.241. The van der Waals surface area contributed by atoms with Gasteiger partial charge < -0.3 is 4.90 Å². The van der Waals surface area contributed by atoms with E-state index in [1.54, 1.807) is 0 Å². The maximum atomic E-state index is 2.49. The van der Waals surface area contributed by atoms with E-state index in [0.717, 1.165) is 17.1 Å². The van der Waals surface area contributed by atoms with E-state index < -0.39 is 0 Å². The summed E-state index contributed by atoms with van der Waals surface area (Å²) in [4.78, 5) is 7.96. The molecule has 0 saturated carbocycles. The lowest BCUT2D eigenvalue weighted by atomic mass is 9.76. The number of allylic oxidation sites excluding steroid dienone is 9. The van der Waals surface area contributed by atoms with Crippen molar-refractivity contribution in [3.05, 3.63) is 240 Å². The van der Waals surface area contributed by atoms with Gasteiger partial charge in [0.15, 0.2) is 0 Å². The molecule has 1 atom stereocenters. The summed E-state index contributed by atoms with van der Waals surface area (Å²) >= 11 is 3.93. The van der Waals surface area contributed by atoms with E-state index in [9.17, 15) is 0 Å². The van der Waals surface area contributed by atoms with E-state index >= 15 is 0 Å². The van der Waals surface area contributed by atoms with Gasteiger partial charge in [-0.1, -0.05) is 211 Å². The molecule has 11 rings (SSSR count). The predicted octanol–water partition coefficient (Wildman–Crippen LogP) is 18.4. The van der Waals surface area contributed by atoms with E-state index in [0.29, 0.717) is 0 Å².